The molecule has 1 aliphatic carbocycles. The van der Waals surface area contributed by atoms with E-state index in [0.29, 0.717) is 6.04 Å². The molecule has 18 heavy (non-hydrogen) atoms. The van der Waals surface area contributed by atoms with Crippen LogP contribution in [0.1, 0.15) is 38.2 Å². The number of ether oxygens (including phenoxy) is 1. The number of aryl methyl sites for hydroxylation is 1. The molecule has 1 aromatic rings. The van der Waals surface area contributed by atoms with E-state index in [0.717, 1.165) is 12.5 Å². The van der Waals surface area contributed by atoms with Gasteiger partial charge in [-0.05, 0) is 49.3 Å². The SMILES string of the molecule is CCCCc1ccc(NC(COC)C2CC2)cc1. The van der Waals surface area contributed by atoms with Gasteiger partial charge in [-0.1, -0.05) is 25.5 Å². The third-order valence-electron chi connectivity index (χ3n) is 3.66. The second kappa shape index (κ2) is 6.79. The Morgan fingerprint density at radius 2 is 2.00 bits per heavy atom. The van der Waals surface area contributed by atoms with E-state index in [-0.39, 0.29) is 0 Å². The van der Waals surface area contributed by atoms with Gasteiger partial charge in [0, 0.05) is 12.8 Å². The Morgan fingerprint density at radius 1 is 1.28 bits per heavy atom. The van der Waals surface area contributed by atoms with E-state index in [1.54, 1.807) is 7.11 Å². The van der Waals surface area contributed by atoms with Crippen molar-refractivity contribution in [1.29, 1.82) is 0 Å². The zero-order valence-corrected chi connectivity index (χ0v) is 11.6. The summed E-state index contributed by atoms with van der Waals surface area (Å²) in [5.74, 6) is 0.810. The number of anilines is 1. The average molecular weight is 247 g/mol. The van der Waals surface area contributed by atoms with Crippen molar-refractivity contribution in [3.8, 4) is 0 Å². The van der Waals surface area contributed by atoms with Crippen LogP contribution in [0.15, 0.2) is 24.3 Å². The zero-order chi connectivity index (χ0) is 12.8. The number of hydrogen-bond donors (Lipinski definition) is 1. The normalized spacial score (nSPS) is 16.6. The summed E-state index contributed by atoms with van der Waals surface area (Å²) < 4.78 is 5.29. The highest BCUT2D eigenvalue weighted by Crippen LogP contribution is 2.34. The molecule has 0 aliphatic heterocycles. The molecule has 1 atom stereocenters. The second-order valence-electron chi connectivity index (χ2n) is 5.34. The molecular weight excluding hydrogens is 222 g/mol. The Hall–Kier alpha value is -1.02. The molecule has 2 heteroatoms. The minimum absolute atomic E-state index is 0.483. The maximum atomic E-state index is 5.29. The van der Waals surface area contributed by atoms with Crippen LogP contribution in [0.5, 0.6) is 0 Å². The lowest BCUT2D eigenvalue weighted by molar-refractivity contribution is 0.179. The monoisotopic (exact) mass is 247 g/mol. The number of benzene rings is 1. The van der Waals surface area contributed by atoms with Crippen LogP contribution in [-0.2, 0) is 11.2 Å². The van der Waals surface area contributed by atoms with Gasteiger partial charge in [0.2, 0.25) is 0 Å². The van der Waals surface area contributed by atoms with Gasteiger partial charge in [-0.15, -0.1) is 0 Å². The second-order valence-corrected chi connectivity index (χ2v) is 5.34. The molecule has 0 amide bonds. The van der Waals surface area contributed by atoms with Gasteiger partial charge in [0.25, 0.3) is 0 Å². The Bertz CT molecular complexity index is 343. The van der Waals surface area contributed by atoms with Crippen molar-refractivity contribution in [2.45, 2.75) is 45.1 Å². The third-order valence-corrected chi connectivity index (χ3v) is 3.66. The quantitative estimate of drug-likeness (QED) is 0.753. The lowest BCUT2D eigenvalue weighted by atomic mass is 10.1. The summed E-state index contributed by atoms with van der Waals surface area (Å²) in [7, 11) is 1.78. The Kier molecular flexibility index (Phi) is 5.06. The van der Waals surface area contributed by atoms with Crippen molar-refractivity contribution in [2.75, 3.05) is 19.0 Å². The molecule has 1 aliphatic rings. The Morgan fingerprint density at radius 3 is 2.56 bits per heavy atom. The predicted molar refractivity (Wildman–Crippen MR) is 77.1 cm³/mol. The number of nitrogens with one attached hydrogen (secondary N) is 1. The van der Waals surface area contributed by atoms with Gasteiger partial charge >= 0.3 is 0 Å². The van der Waals surface area contributed by atoms with Crippen molar-refractivity contribution in [1.82, 2.24) is 0 Å². The molecule has 1 unspecified atom stereocenters. The summed E-state index contributed by atoms with van der Waals surface area (Å²) in [6.45, 7) is 3.04. The molecule has 0 heterocycles. The fourth-order valence-electron chi connectivity index (χ4n) is 2.34. The van der Waals surface area contributed by atoms with Crippen LogP contribution < -0.4 is 5.32 Å². The van der Waals surface area contributed by atoms with E-state index in [4.69, 9.17) is 4.74 Å². The average Bonchev–Trinajstić information content (AvgIpc) is 3.22. The molecule has 1 aromatic carbocycles. The fourth-order valence-corrected chi connectivity index (χ4v) is 2.34. The lowest BCUT2D eigenvalue weighted by Gasteiger charge is -2.18. The first-order valence-corrected chi connectivity index (χ1v) is 7.18. The maximum absolute atomic E-state index is 5.29. The predicted octanol–water partition coefficient (Wildman–Crippen LogP) is 3.87. The van der Waals surface area contributed by atoms with Gasteiger partial charge < -0.3 is 10.1 Å². The molecule has 1 saturated carbocycles. The first-order valence-electron chi connectivity index (χ1n) is 7.18. The standard InChI is InChI=1S/C16H25NO/c1-3-4-5-13-6-10-15(11-7-13)17-16(12-18-2)14-8-9-14/h6-7,10-11,14,16-17H,3-5,8-9,12H2,1-2H3. The van der Waals surface area contributed by atoms with E-state index >= 15 is 0 Å². The van der Waals surface area contributed by atoms with Gasteiger partial charge in [0.15, 0.2) is 0 Å². The van der Waals surface area contributed by atoms with Crippen LogP contribution in [0, 0.1) is 5.92 Å². The number of unbranched alkanes of at least 4 members (excludes halogenated alkanes) is 1. The fraction of sp³-hybridized carbons (Fsp3) is 0.625. The maximum Gasteiger partial charge on any atom is 0.0666 e. The minimum Gasteiger partial charge on any atom is -0.383 e. The van der Waals surface area contributed by atoms with Gasteiger partial charge in [0.05, 0.1) is 12.6 Å². The van der Waals surface area contributed by atoms with Crippen LogP contribution in [0.3, 0.4) is 0 Å². The van der Waals surface area contributed by atoms with Crippen molar-refractivity contribution in [3.63, 3.8) is 0 Å². The lowest BCUT2D eigenvalue weighted by Crippen LogP contribution is -2.27. The molecule has 2 nitrogen and oxygen atoms in total. The molecule has 0 spiro atoms. The van der Waals surface area contributed by atoms with Crippen LogP contribution in [0.25, 0.3) is 0 Å². The molecule has 1 N–H and O–H groups in total. The van der Waals surface area contributed by atoms with Crippen molar-refractivity contribution in [3.05, 3.63) is 29.8 Å². The van der Waals surface area contributed by atoms with E-state index in [1.807, 2.05) is 0 Å². The molecule has 1 fully saturated rings. The molecule has 2 rings (SSSR count). The Labute approximate surface area is 111 Å². The molecule has 0 radical (unpaired) electrons. The number of hydrogen-bond acceptors (Lipinski definition) is 2. The first kappa shape index (κ1) is 13.4. The summed E-state index contributed by atoms with van der Waals surface area (Å²) in [6.07, 6.45) is 6.42. The highest BCUT2D eigenvalue weighted by molar-refractivity contribution is 5.45. The van der Waals surface area contributed by atoms with Gasteiger partial charge in [-0.25, -0.2) is 0 Å². The topological polar surface area (TPSA) is 21.3 Å². The number of methoxy groups -OCH3 is 1. The van der Waals surface area contributed by atoms with Crippen molar-refractivity contribution in [2.24, 2.45) is 5.92 Å². The smallest absolute Gasteiger partial charge is 0.0666 e. The van der Waals surface area contributed by atoms with Gasteiger partial charge in [-0.2, -0.15) is 0 Å². The van der Waals surface area contributed by atoms with Crippen LogP contribution in [0.2, 0.25) is 0 Å². The molecular formula is C16H25NO. The third kappa shape index (κ3) is 4.02. The minimum atomic E-state index is 0.483. The molecule has 100 valence electrons. The summed E-state index contributed by atoms with van der Waals surface area (Å²) in [6, 6.07) is 9.38. The number of rotatable bonds is 8. The molecule has 0 aromatic heterocycles. The highest BCUT2D eigenvalue weighted by atomic mass is 16.5. The summed E-state index contributed by atoms with van der Waals surface area (Å²) in [4.78, 5) is 0. The van der Waals surface area contributed by atoms with Gasteiger partial charge in [-0.3, -0.25) is 0 Å². The summed E-state index contributed by atoms with van der Waals surface area (Å²) in [5.41, 5.74) is 2.67. The van der Waals surface area contributed by atoms with Crippen molar-refractivity contribution < 1.29 is 4.74 Å². The van der Waals surface area contributed by atoms with E-state index in [1.165, 1.54) is 43.4 Å². The van der Waals surface area contributed by atoms with E-state index < -0.39 is 0 Å². The van der Waals surface area contributed by atoms with Gasteiger partial charge in [0.1, 0.15) is 0 Å². The Balaban J connectivity index is 1.87. The van der Waals surface area contributed by atoms with Crippen LogP contribution in [0.4, 0.5) is 5.69 Å². The highest BCUT2D eigenvalue weighted by Gasteiger charge is 2.30. The summed E-state index contributed by atoms with van der Waals surface area (Å²) >= 11 is 0. The molecule has 0 bridgehead atoms. The largest absolute Gasteiger partial charge is 0.383 e. The van der Waals surface area contributed by atoms with E-state index in [2.05, 4.69) is 36.5 Å². The van der Waals surface area contributed by atoms with Crippen molar-refractivity contribution >= 4 is 5.69 Å². The van der Waals surface area contributed by atoms with E-state index in [9.17, 15) is 0 Å². The first-order chi connectivity index (χ1) is 8.83. The molecule has 0 saturated heterocycles. The van der Waals surface area contributed by atoms with Crippen LogP contribution in [-0.4, -0.2) is 19.8 Å². The van der Waals surface area contributed by atoms with Crippen LogP contribution >= 0.6 is 0 Å². The zero-order valence-electron chi connectivity index (χ0n) is 11.6. The summed E-state index contributed by atoms with van der Waals surface area (Å²) in [5, 5.41) is 3.60.